The van der Waals surface area contributed by atoms with Gasteiger partial charge in [0.1, 0.15) is 4.90 Å². The van der Waals surface area contributed by atoms with E-state index in [0.717, 1.165) is 4.31 Å². The van der Waals surface area contributed by atoms with E-state index >= 15 is 0 Å². The summed E-state index contributed by atoms with van der Waals surface area (Å²) in [5, 5.41) is 2.65. The molecule has 8 heteroatoms. The summed E-state index contributed by atoms with van der Waals surface area (Å²) in [6.07, 6.45) is 0. The molecular formula is C14H19N3O4S. The van der Waals surface area contributed by atoms with Crippen LogP contribution in [0.2, 0.25) is 0 Å². The zero-order chi connectivity index (χ0) is 16.7. The van der Waals surface area contributed by atoms with Gasteiger partial charge in [-0.05, 0) is 39.0 Å². The van der Waals surface area contributed by atoms with Gasteiger partial charge in [-0.2, -0.15) is 0 Å². The largest absolute Gasteiger partial charge is 0.348 e. The first kappa shape index (κ1) is 16.4. The molecule has 120 valence electrons. The second-order valence-electron chi connectivity index (χ2n) is 5.52. The molecule has 3 N–H and O–H groups in total. The number of nitrogens with zero attached hydrogens (tertiary/aromatic N) is 1. The monoisotopic (exact) mass is 325 g/mol. The summed E-state index contributed by atoms with van der Waals surface area (Å²) in [4.78, 5) is 24.1. The van der Waals surface area contributed by atoms with Gasteiger partial charge in [0, 0.05) is 24.2 Å². The fourth-order valence-corrected chi connectivity index (χ4v) is 4.06. The van der Waals surface area contributed by atoms with Crippen molar-refractivity contribution in [2.75, 3.05) is 6.54 Å². The summed E-state index contributed by atoms with van der Waals surface area (Å²) in [7, 11) is -3.91. The van der Waals surface area contributed by atoms with Crippen molar-refractivity contribution < 1.29 is 18.0 Å². The van der Waals surface area contributed by atoms with Crippen molar-refractivity contribution in [2.45, 2.75) is 37.8 Å². The van der Waals surface area contributed by atoms with E-state index in [1.165, 1.54) is 18.2 Å². The number of benzene rings is 1. The van der Waals surface area contributed by atoms with Crippen molar-refractivity contribution in [1.82, 2.24) is 9.62 Å². The number of nitrogens with one attached hydrogen (secondary N) is 1. The Balaban J connectivity index is 2.44. The van der Waals surface area contributed by atoms with Crippen molar-refractivity contribution in [2.24, 2.45) is 5.73 Å². The molecule has 1 atom stereocenters. The van der Waals surface area contributed by atoms with Crippen LogP contribution < -0.4 is 11.1 Å². The van der Waals surface area contributed by atoms with E-state index in [4.69, 9.17) is 5.73 Å². The zero-order valence-corrected chi connectivity index (χ0v) is 13.5. The van der Waals surface area contributed by atoms with Crippen LogP contribution in [0.5, 0.6) is 0 Å². The maximum atomic E-state index is 12.4. The molecule has 0 radical (unpaired) electrons. The number of carbonyl (C=O) groups excluding carboxylic acids is 2. The number of sulfonamides is 1. The molecule has 0 spiro atoms. The molecule has 22 heavy (non-hydrogen) atoms. The van der Waals surface area contributed by atoms with Gasteiger partial charge in [-0.3, -0.25) is 9.59 Å². The molecule has 0 aromatic heterocycles. The molecule has 1 heterocycles. The molecule has 0 bridgehead atoms. The number of fused-ring (bicyclic) bond motifs is 1. The Morgan fingerprint density at radius 2 is 1.95 bits per heavy atom. The standard InChI is InChI=1S/C14H19N3O4S/c1-8(2)17-14(19)11-5-4-10(6-12(11)22(17,20)21)13(18)16-9(3)7-15/h4-6,8-9H,7,15H2,1-3H3,(H,16,18)/t9-/m0/s1. The van der Waals surface area contributed by atoms with E-state index in [-0.39, 0.29) is 28.6 Å². The molecular weight excluding hydrogens is 306 g/mol. The van der Waals surface area contributed by atoms with E-state index < -0.39 is 27.9 Å². The lowest BCUT2D eigenvalue weighted by atomic mass is 10.1. The second kappa shape index (κ2) is 5.69. The highest BCUT2D eigenvalue weighted by Crippen LogP contribution is 2.32. The van der Waals surface area contributed by atoms with Crippen LogP contribution in [-0.2, 0) is 10.0 Å². The van der Waals surface area contributed by atoms with Crippen LogP contribution in [0.25, 0.3) is 0 Å². The number of amides is 2. The molecule has 7 nitrogen and oxygen atoms in total. The summed E-state index contributed by atoms with van der Waals surface area (Å²) < 4.78 is 25.7. The van der Waals surface area contributed by atoms with Crippen LogP contribution >= 0.6 is 0 Å². The van der Waals surface area contributed by atoms with Gasteiger partial charge < -0.3 is 11.1 Å². The molecule has 0 fully saturated rings. The Hall–Kier alpha value is -1.93. The minimum Gasteiger partial charge on any atom is -0.348 e. The number of carbonyl (C=O) groups is 2. The molecule has 0 saturated carbocycles. The predicted molar refractivity (Wildman–Crippen MR) is 80.9 cm³/mol. The minimum atomic E-state index is -3.91. The fourth-order valence-electron chi connectivity index (χ4n) is 2.27. The fraction of sp³-hybridized carbons (Fsp3) is 0.429. The topological polar surface area (TPSA) is 110 Å². The van der Waals surface area contributed by atoms with Crippen LogP contribution in [0, 0.1) is 0 Å². The van der Waals surface area contributed by atoms with Gasteiger partial charge >= 0.3 is 0 Å². The van der Waals surface area contributed by atoms with Gasteiger partial charge in [0.05, 0.1) is 5.56 Å². The molecule has 2 amide bonds. The molecule has 1 aromatic rings. The lowest BCUT2D eigenvalue weighted by molar-refractivity contribution is 0.0845. The predicted octanol–water partition coefficient (Wildman–Crippen LogP) is 0.317. The number of hydrogen-bond donors (Lipinski definition) is 2. The quantitative estimate of drug-likeness (QED) is 0.828. The van der Waals surface area contributed by atoms with Gasteiger partial charge in [-0.25, -0.2) is 12.7 Å². The highest BCUT2D eigenvalue weighted by atomic mass is 32.2. The van der Waals surface area contributed by atoms with E-state index in [9.17, 15) is 18.0 Å². The summed E-state index contributed by atoms with van der Waals surface area (Å²) >= 11 is 0. The average Bonchev–Trinajstić information content (AvgIpc) is 2.65. The Morgan fingerprint density at radius 1 is 1.32 bits per heavy atom. The lowest BCUT2D eigenvalue weighted by Crippen LogP contribution is -2.37. The Bertz CT molecular complexity index is 728. The van der Waals surface area contributed by atoms with Crippen LogP contribution in [0.4, 0.5) is 0 Å². The molecule has 0 aliphatic carbocycles. The van der Waals surface area contributed by atoms with Crippen LogP contribution in [0.3, 0.4) is 0 Å². The summed E-state index contributed by atoms with van der Waals surface area (Å²) in [6, 6.07) is 3.34. The number of nitrogens with two attached hydrogens (primary N) is 1. The zero-order valence-electron chi connectivity index (χ0n) is 12.7. The first-order valence-electron chi connectivity index (χ1n) is 6.94. The summed E-state index contributed by atoms with van der Waals surface area (Å²) in [6.45, 7) is 5.26. The van der Waals surface area contributed by atoms with Gasteiger partial charge in [-0.1, -0.05) is 0 Å². The number of rotatable bonds is 4. The molecule has 0 saturated heterocycles. The highest BCUT2D eigenvalue weighted by molar-refractivity contribution is 7.90. The third-order valence-corrected chi connectivity index (χ3v) is 5.41. The normalized spacial score (nSPS) is 17.5. The maximum absolute atomic E-state index is 12.4. The summed E-state index contributed by atoms with van der Waals surface area (Å²) in [5.41, 5.74) is 5.72. The molecule has 0 unspecified atom stereocenters. The smallest absolute Gasteiger partial charge is 0.269 e. The van der Waals surface area contributed by atoms with Crippen molar-refractivity contribution in [3.63, 3.8) is 0 Å². The van der Waals surface area contributed by atoms with E-state index in [1.807, 2.05) is 0 Å². The van der Waals surface area contributed by atoms with Crippen molar-refractivity contribution in [1.29, 1.82) is 0 Å². The van der Waals surface area contributed by atoms with Gasteiger partial charge in [0.15, 0.2) is 0 Å². The van der Waals surface area contributed by atoms with Crippen molar-refractivity contribution >= 4 is 21.8 Å². The Kier molecular flexibility index (Phi) is 4.25. The molecule has 1 aliphatic heterocycles. The van der Waals surface area contributed by atoms with Crippen LogP contribution in [0.15, 0.2) is 23.1 Å². The van der Waals surface area contributed by atoms with E-state index in [2.05, 4.69) is 5.32 Å². The van der Waals surface area contributed by atoms with Gasteiger partial charge in [-0.15, -0.1) is 0 Å². The van der Waals surface area contributed by atoms with Crippen molar-refractivity contribution in [3.8, 4) is 0 Å². The Morgan fingerprint density at radius 3 is 2.50 bits per heavy atom. The Labute approximate surface area is 129 Å². The van der Waals surface area contributed by atoms with Crippen LogP contribution in [0.1, 0.15) is 41.5 Å². The molecule has 1 aromatic carbocycles. The molecule has 1 aliphatic rings. The first-order chi connectivity index (χ1) is 10.2. The van der Waals surface area contributed by atoms with Gasteiger partial charge in [0.2, 0.25) is 0 Å². The van der Waals surface area contributed by atoms with Crippen LogP contribution in [-0.4, -0.2) is 43.2 Å². The summed E-state index contributed by atoms with van der Waals surface area (Å²) in [5.74, 6) is -0.987. The second-order valence-corrected chi connectivity index (χ2v) is 7.30. The first-order valence-corrected chi connectivity index (χ1v) is 8.38. The minimum absolute atomic E-state index is 0.0946. The third kappa shape index (κ3) is 2.59. The SMILES string of the molecule is CC(C)N1C(=O)c2ccc(C(=O)N[C@@H](C)CN)cc2S1(=O)=O. The van der Waals surface area contributed by atoms with E-state index in [1.54, 1.807) is 20.8 Å². The maximum Gasteiger partial charge on any atom is 0.269 e. The number of hydrogen-bond acceptors (Lipinski definition) is 5. The lowest BCUT2D eigenvalue weighted by Gasteiger charge is -2.18. The molecule has 2 rings (SSSR count). The average molecular weight is 325 g/mol. The third-order valence-electron chi connectivity index (χ3n) is 3.41. The highest BCUT2D eigenvalue weighted by Gasteiger charge is 2.42. The van der Waals surface area contributed by atoms with Crippen molar-refractivity contribution in [3.05, 3.63) is 29.3 Å². The van der Waals surface area contributed by atoms with Gasteiger partial charge in [0.25, 0.3) is 21.8 Å². The van der Waals surface area contributed by atoms with E-state index in [0.29, 0.717) is 0 Å².